The topological polar surface area (TPSA) is 25.0 Å². The Balaban J connectivity index is 2.09. The Labute approximate surface area is 112 Å². The van der Waals surface area contributed by atoms with E-state index >= 15 is 0 Å². The van der Waals surface area contributed by atoms with Crippen LogP contribution in [0.25, 0.3) is 22.2 Å². The highest BCUT2D eigenvalue weighted by molar-refractivity contribution is 5.93. The maximum Gasteiger partial charge on any atom is 0.128 e. The quantitative estimate of drug-likeness (QED) is 0.694. The van der Waals surface area contributed by atoms with E-state index in [1.54, 1.807) is 7.11 Å². The third kappa shape index (κ3) is 1.43. The summed E-state index contributed by atoms with van der Waals surface area (Å²) in [5.74, 6) is 0.963. The molecule has 19 heavy (non-hydrogen) atoms. The normalized spacial score (nSPS) is 13.1. The molecule has 0 bridgehead atoms. The fourth-order valence-corrected chi connectivity index (χ4v) is 3.17. The molecule has 1 aliphatic rings. The van der Waals surface area contributed by atoms with Crippen molar-refractivity contribution in [3.8, 4) is 17.0 Å². The van der Waals surface area contributed by atoms with Crippen LogP contribution in [0, 0.1) is 0 Å². The molecule has 2 aromatic carbocycles. The van der Waals surface area contributed by atoms with Crippen LogP contribution in [0.5, 0.6) is 5.75 Å². The van der Waals surface area contributed by atoms with Gasteiger partial charge in [0.1, 0.15) is 5.75 Å². The first-order valence-electron chi connectivity index (χ1n) is 6.64. The zero-order valence-electron chi connectivity index (χ0n) is 10.9. The molecule has 1 heterocycles. The summed E-state index contributed by atoms with van der Waals surface area (Å²) in [5.41, 5.74) is 6.49. The van der Waals surface area contributed by atoms with Crippen molar-refractivity contribution >= 4 is 10.9 Å². The van der Waals surface area contributed by atoms with Gasteiger partial charge in [-0.05, 0) is 36.1 Å². The monoisotopic (exact) mass is 249 g/mol. The molecule has 0 atom stereocenters. The molecule has 2 nitrogen and oxygen atoms in total. The Morgan fingerprint density at radius 2 is 1.89 bits per heavy atom. The highest BCUT2D eigenvalue weighted by Gasteiger charge is 2.23. The summed E-state index contributed by atoms with van der Waals surface area (Å²) < 4.78 is 5.55. The summed E-state index contributed by atoms with van der Waals surface area (Å²) in [7, 11) is 1.74. The average Bonchev–Trinajstić information content (AvgIpc) is 2.85. The van der Waals surface area contributed by atoms with Crippen molar-refractivity contribution in [1.29, 1.82) is 0 Å². The number of rotatable bonds is 1. The second kappa shape index (κ2) is 3.89. The van der Waals surface area contributed by atoms with E-state index in [0.717, 1.165) is 18.6 Å². The molecule has 0 radical (unpaired) electrons. The highest BCUT2D eigenvalue weighted by Crippen LogP contribution is 2.42. The molecule has 0 unspecified atom stereocenters. The number of nitrogens with one attached hydrogen (secondary N) is 1. The molecule has 94 valence electrons. The minimum atomic E-state index is 0.963. The minimum Gasteiger partial charge on any atom is -0.496 e. The third-order valence-electron chi connectivity index (χ3n) is 4.04. The third-order valence-corrected chi connectivity index (χ3v) is 4.04. The lowest BCUT2D eigenvalue weighted by molar-refractivity contribution is 0.415. The maximum atomic E-state index is 5.55. The van der Waals surface area contributed by atoms with Gasteiger partial charge in [0, 0.05) is 16.5 Å². The molecule has 0 spiro atoms. The number of methoxy groups -OCH3 is 1. The summed E-state index contributed by atoms with van der Waals surface area (Å²) in [5, 5.41) is 1.34. The van der Waals surface area contributed by atoms with Crippen LogP contribution in [0.4, 0.5) is 0 Å². The Bertz CT molecular complexity index is 756. The molecule has 0 saturated heterocycles. The average molecular weight is 249 g/mol. The predicted molar refractivity (Wildman–Crippen MR) is 77.7 cm³/mol. The largest absolute Gasteiger partial charge is 0.496 e. The van der Waals surface area contributed by atoms with Crippen molar-refractivity contribution in [2.45, 2.75) is 12.8 Å². The number of aryl methyl sites for hydroxylation is 2. The Morgan fingerprint density at radius 1 is 1.00 bits per heavy atom. The molecular formula is C17H15NO. The Morgan fingerprint density at radius 3 is 2.79 bits per heavy atom. The molecule has 2 heteroatoms. The first kappa shape index (κ1) is 10.7. The van der Waals surface area contributed by atoms with E-state index in [1.165, 1.54) is 33.3 Å². The number of H-pyrrole nitrogens is 1. The molecule has 4 rings (SSSR count). The lowest BCUT2D eigenvalue weighted by Crippen LogP contribution is -2.04. The van der Waals surface area contributed by atoms with Gasteiger partial charge in [-0.15, -0.1) is 0 Å². The van der Waals surface area contributed by atoms with Gasteiger partial charge in [-0.2, -0.15) is 0 Å². The molecule has 1 N–H and O–H groups in total. The van der Waals surface area contributed by atoms with Gasteiger partial charge in [-0.3, -0.25) is 0 Å². The van der Waals surface area contributed by atoms with Crippen molar-refractivity contribution in [2.24, 2.45) is 0 Å². The van der Waals surface area contributed by atoms with E-state index in [9.17, 15) is 0 Å². The van der Waals surface area contributed by atoms with Crippen LogP contribution >= 0.6 is 0 Å². The second-order valence-electron chi connectivity index (χ2n) is 5.02. The van der Waals surface area contributed by atoms with Crippen LogP contribution in [0.1, 0.15) is 11.1 Å². The summed E-state index contributed by atoms with van der Waals surface area (Å²) in [4.78, 5) is 3.57. The predicted octanol–water partition coefficient (Wildman–Crippen LogP) is 3.94. The SMILES string of the molecule is COc1cccc2c1-c1[nH]c3ccccc3c1CC2. The Hall–Kier alpha value is -2.22. The van der Waals surface area contributed by atoms with Crippen LogP contribution in [0.2, 0.25) is 0 Å². The number of ether oxygens (including phenoxy) is 1. The second-order valence-corrected chi connectivity index (χ2v) is 5.02. The molecule has 3 aromatic rings. The summed E-state index contributed by atoms with van der Waals surface area (Å²) in [6, 6.07) is 14.8. The van der Waals surface area contributed by atoms with Crippen LogP contribution in [-0.2, 0) is 12.8 Å². The van der Waals surface area contributed by atoms with Crippen molar-refractivity contribution in [3.05, 3.63) is 53.6 Å². The van der Waals surface area contributed by atoms with Gasteiger partial charge >= 0.3 is 0 Å². The smallest absolute Gasteiger partial charge is 0.128 e. The van der Waals surface area contributed by atoms with E-state index in [1.807, 2.05) is 6.07 Å². The van der Waals surface area contributed by atoms with E-state index in [4.69, 9.17) is 4.74 Å². The van der Waals surface area contributed by atoms with Crippen molar-refractivity contribution < 1.29 is 4.74 Å². The minimum absolute atomic E-state index is 0.963. The van der Waals surface area contributed by atoms with Crippen LogP contribution in [0.15, 0.2) is 42.5 Å². The molecule has 1 aliphatic carbocycles. The number of benzene rings is 2. The number of hydrogen-bond donors (Lipinski definition) is 1. The van der Waals surface area contributed by atoms with E-state index in [2.05, 4.69) is 41.4 Å². The van der Waals surface area contributed by atoms with Crippen LogP contribution < -0.4 is 4.74 Å². The van der Waals surface area contributed by atoms with E-state index in [0.29, 0.717) is 0 Å². The lowest BCUT2D eigenvalue weighted by Gasteiger charge is -2.19. The first-order chi connectivity index (χ1) is 9.38. The zero-order chi connectivity index (χ0) is 12.8. The molecule has 0 fully saturated rings. The van der Waals surface area contributed by atoms with Crippen LogP contribution in [0.3, 0.4) is 0 Å². The molecule has 1 aromatic heterocycles. The van der Waals surface area contributed by atoms with Gasteiger partial charge < -0.3 is 9.72 Å². The molecule has 0 aliphatic heterocycles. The lowest BCUT2D eigenvalue weighted by atomic mass is 9.88. The number of hydrogen-bond acceptors (Lipinski definition) is 1. The first-order valence-corrected chi connectivity index (χ1v) is 6.64. The fraction of sp³-hybridized carbons (Fsp3) is 0.176. The summed E-state index contributed by atoms with van der Waals surface area (Å²) in [6.07, 6.45) is 2.18. The maximum absolute atomic E-state index is 5.55. The van der Waals surface area contributed by atoms with Gasteiger partial charge in [0.05, 0.1) is 12.8 Å². The van der Waals surface area contributed by atoms with Crippen molar-refractivity contribution in [1.82, 2.24) is 4.98 Å². The summed E-state index contributed by atoms with van der Waals surface area (Å²) >= 11 is 0. The number of aromatic nitrogens is 1. The Kier molecular flexibility index (Phi) is 2.18. The van der Waals surface area contributed by atoms with Gasteiger partial charge in [-0.25, -0.2) is 0 Å². The van der Waals surface area contributed by atoms with Crippen LogP contribution in [-0.4, -0.2) is 12.1 Å². The van der Waals surface area contributed by atoms with Gasteiger partial charge in [0.15, 0.2) is 0 Å². The van der Waals surface area contributed by atoms with Crippen molar-refractivity contribution in [3.63, 3.8) is 0 Å². The standard InChI is InChI=1S/C17H15NO/c1-19-15-8-4-5-11-9-10-13-12-6-2-3-7-14(12)18-17(13)16(11)15/h2-8,18H,9-10H2,1H3. The molecule has 0 saturated carbocycles. The van der Waals surface area contributed by atoms with Gasteiger partial charge in [0.25, 0.3) is 0 Å². The molecular weight excluding hydrogens is 234 g/mol. The molecule has 0 amide bonds. The van der Waals surface area contributed by atoms with E-state index < -0.39 is 0 Å². The van der Waals surface area contributed by atoms with E-state index in [-0.39, 0.29) is 0 Å². The van der Waals surface area contributed by atoms with Gasteiger partial charge in [0.2, 0.25) is 0 Å². The number of para-hydroxylation sites is 1. The highest BCUT2D eigenvalue weighted by atomic mass is 16.5. The zero-order valence-corrected chi connectivity index (χ0v) is 10.9. The fourth-order valence-electron chi connectivity index (χ4n) is 3.17. The number of aromatic amines is 1. The number of fused-ring (bicyclic) bond motifs is 5. The van der Waals surface area contributed by atoms with Crippen molar-refractivity contribution in [2.75, 3.05) is 7.11 Å². The van der Waals surface area contributed by atoms with Gasteiger partial charge in [-0.1, -0.05) is 30.3 Å². The summed E-state index contributed by atoms with van der Waals surface area (Å²) in [6.45, 7) is 0.